The molecule has 1 N–H and O–H groups in total. The quantitative estimate of drug-likeness (QED) is 0.369. The Kier molecular flexibility index (Phi) is 9.22. The molecule has 0 aliphatic heterocycles. The smallest absolute Gasteiger partial charge is 0.0395 e. The fourth-order valence-electron chi connectivity index (χ4n) is 1.69. The summed E-state index contributed by atoms with van der Waals surface area (Å²) in [7, 11) is 1.87. The molecule has 0 unspecified atom stereocenters. The van der Waals surface area contributed by atoms with Gasteiger partial charge in [-0.25, -0.2) is 0 Å². The van der Waals surface area contributed by atoms with Gasteiger partial charge in [-0.1, -0.05) is 48.6 Å². The van der Waals surface area contributed by atoms with Crippen LogP contribution in [0.1, 0.15) is 27.2 Å². The van der Waals surface area contributed by atoms with Crippen LogP contribution in [-0.4, -0.2) is 13.3 Å². The lowest BCUT2D eigenvalue weighted by Crippen LogP contribution is -2.04. The van der Waals surface area contributed by atoms with Gasteiger partial charge in [0.2, 0.25) is 0 Å². The average molecular weight is 302 g/mol. The Bertz CT molecular complexity index is 531. The van der Waals surface area contributed by atoms with E-state index in [4.69, 9.17) is 0 Å². The molecule has 3 heteroatoms. The van der Waals surface area contributed by atoms with Crippen LogP contribution in [-0.2, 0) is 0 Å². The van der Waals surface area contributed by atoms with Crippen molar-refractivity contribution in [2.24, 2.45) is 4.99 Å². The van der Waals surface area contributed by atoms with E-state index in [2.05, 4.69) is 61.8 Å². The molecule has 0 rings (SSSR count). The molecule has 0 atom stereocenters. The Balaban J connectivity index is 4.71. The first-order valence-corrected chi connectivity index (χ1v) is 7.19. The number of nitrogens with one attached hydrogen (secondary N) is 1. The summed E-state index contributed by atoms with van der Waals surface area (Å²) in [6.07, 6.45) is 8.37. The molecule has 0 saturated carbocycles. The maximum absolute atomic E-state index is 4.13. The zero-order valence-corrected chi connectivity index (χ0v) is 14.4. The second-order valence-electron chi connectivity index (χ2n) is 5.02. The van der Waals surface area contributed by atoms with Crippen LogP contribution in [0.25, 0.3) is 0 Å². The van der Waals surface area contributed by atoms with Gasteiger partial charge < -0.3 is 5.32 Å². The molecular formula is C18H26N2S. The topological polar surface area (TPSA) is 24.4 Å². The average Bonchev–Trinajstić information content (AvgIpc) is 2.36. The standard InChI is InChI=1S/C18H26N2S/c1-13(9-15(3)11-20-12-17(5)21)8-14(2)10-16(4)18(6)19-7/h8,10-12,19,21H,1,5-6,9H2,2-4,7H3/b14-8-,15-11+,16-10+,20-12?. The number of hydrogen-bond donors (Lipinski definition) is 2. The molecule has 0 aromatic rings. The third-order valence-electron chi connectivity index (χ3n) is 2.68. The van der Waals surface area contributed by atoms with Crippen LogP contribution in [0.4, 0.5) is 0 Å². The van der Waals surface area contributed by atoms with Crippen molar-refractivity contribution in [3.05, 3.63) is 71.0 Å². The molecule has 0 aliphatic rings. The highest BCUT2D eigenvalue weighted by molar-refractivity contribution is 7.85. The summed E-state index contributed by atoms with van der Waals surface area (Å²) in [6, 6.07) is 0. The number of rotatable bonds is 8. The normalized spacial score (nSPS) is 13.5. The van der Waals surface area contributed by atoms with Crippen molar-refractivity contribution in [1.82, 2.24) is 5.32 Å². The van der Waals surface area contributed by atoms with Crippen LogP contribution >= 0.6 is 12.6 Å². The lowest BCUT2D eigenvalue weighted by molar-refractivity contribution is 1.00. The summed E-state index contributed by atoms with van der Waals surface area (Å²) >= 11 is 4.05. The maximum Gasteiger partial charge on any atom is 0.0395 e. The highest BCUT2D eigenvalue weighted by atomic mass is 32.1. The van der Waals surface area contributed by atoms with E-state index in [0.29, 0.717) is 4.91 Å². The van der Waals surface area contributed by atoms with Gasteiger partial charge in [0.1, 0.15) is 0 Å². The molecule has 0 fully saturated rings. The molecule has 114 valence electrons. The Morgan fingerprint density at radius 1 is 1.14 bits per heavy atom. The molecule has 0 saturated heterocycles. The lowest BCUT2D eigenvalue weighted by Gasteiger charge is -2.06. The minimum atomic E-state index is 0.638. The van der Waals surface area contributed by atoms with Crippen molar-refractivity contribution in [1.29, 1.82) is 0 Å². The van der Waals surface area contributed by atoms with Crippen LogP contribution in [0.2, 0.25) is 0 Å². The minimum absolute atomic E-state index is 0.638. The van der Waals surface area contributed by atoms with Gasteiger partial charge in [0.25, 0.3) is 0 Å². The zero-order chi connectivity index (χ0) is 16.4. The summed E-state index contributed by atoms with van der Waals surface area (Å²) in [6.45, 7) is 17.8. The Hall–Kier alpha value is -1.74. The first-order chi connectivity index (χ1) is 9.76. The van der Waals surface area contributed by atoms with Crippen molar-refractivity contribution in [3.63, 3.8) is 0 Å². The van der Waals surface area contributed by atoms with Gasteiger partial charge in [-0.15, -0.1) is 12.6 Å². The summed E-state index contributed by atoms with van der Waals surface area (Å²) in [5, 5.41) is 3.04. The fourth-order valence-corrected chi connectivity index (χ4v) is 1.76. The molecular weight excluding hydrogens is 276 g/mol. The molecule has 0 radical (unpaired) electrons. The molecule has 0 heterocycles. The molecule has 0 amide bonds. The van der Waals surface area contributed by atoms with Gasteiger partial charge in [0.05, 0.1) is 0 Å². The van der Waals surface area contributed by atoms with Crippen LogP contribution in [0.3, 0.4) is 0 Å². The second-order valence-corrected chi connectivity index (χ2v) is 5.60. The van der Waals surface area contributed by atoms with Crippen LogP contribution < -0.4 is 5.32 Å². The largest absolute Gasteiger partial charge is 0.388 e. The van der Waals surface area contributed by atoms with Crippen LogP contribution in [0, 0.1) is 0 Å². The molecule has 0 aromatic carbocycles. The fraction of sp³-hybridized carbons (Fsp3) is 0.278. The highest BCUT2D eigenvalue weighted by Crippen LogP contribution is 2.14. The van der Waals surface area contributed by atoms with Gasteiger partial charge in [-0.05, 0) is 32.8 Å². The third kappa shape index (κ3) is 9.74. The van der Waals surface area contributed by atoms with E-state index in [1.54, 1.807) is 12.4 Å². The van der Waals surface area contributed by atoms with E-state index < -0.39 is 0 Å². The summed E-state index contributed by atoms with van der Waals surface area (Å²) < 4.78 is 0. The molecule has 0 spiro atoms. The van der Waals surface area contributed by atoms with E-state index in [9.17, 15) is 0 Å². The molecule has 0 aliphatic carbocycles. The van der Waals surface area contributed by atoms with Crippen LogP contribution in [0.15, 0.2) is 76.0 Å². The van der Waals surface area contributed by atoms with Gasteiger partial charge in [-0.2, -0.15) is 0 Å². The Morgan fingerprint density at radius 3 is 2.29 bits per heavy atom. The first-order valence-electron chi connectivity index (χ1n) is 6.74. The minimum Gasteiger partial charge on any atom is -0.388 e. The second kappa shape index (κ2) is 10.1. The molecule has 0 bridgehead atoms. The first kappa shape index (κ1) is 19.3. The Labute approximate surface area is 134 Å². The van der Waals surface area contributed by atoms with Crippen molar-refractivity contribution in [2.75, 3.05) is 7.05 Å². The number of nitrogens with zero attached hydrogens (tertiary/aromatic N) is 1. The van der Waals surface area contributed by atoms with E-state index in [-0.39, 0.29) is 0 Å². The number of likely N-dealkylation sites (N-methyl/N-ethyl adjacent to an activating group) is 1. The zero-order valence-electron chi connectivity index (χ0n) is 13.5. The number of aliphatic imine (C=N–C) groups is 1. The molecule has 2 nitrogen and oxygen atoms in total. The third-order valence-corrected chi connectivity index (χ3v) is 2.79. The van der Waals surface area contributed by atoms with Crippen LogP contribution in [0.5, 0.6) is 0 Å². The predicted molar refractivity (Wildman–Crippen MR) is 99.8 cm³/mol. The monoisotopic (exact) mass is 302 g/mol. The van der Waals surface area contributed by atoms with Gasteiger partial charge in [0.15, 0.2) is 0 Å². The summed E-state index contributed by atoms with van der Waals surface area (Å²) in [4.78, 5) is 4.77. The number of allylic oxidation sites excluding steroid dienone is 7. The van der Waals surface area contributed by atoms with Crippen molar-refractivity contribution >= 4 is 18.8 Å². The molecule has 0 aromatic heterocycles. The van der Waals surface area contributed by atoms with Crippen molar-refractivity contribution in [3.8, 4) is 0 Å². The van der Waals surface area contributed by atoms with E-state index in [0.717, 1.165) is 34.4 Å². The van der Waals surface area contributed by atoms with Crippen molar-refractivity contribution < 1.29 is 0 Å². The summed E-state index contributed by atoms with van der Waals surface area (Å²) in [5.74, 6) is 0. The van der Waals surface area contributed by atoms with Gasteiger partial charge >= 0.3 is 0 Å². The maximum atomic E-state index is 4.13. The Morgan fingerprint density at radius 2 is 1.76 bits per heavy atom. The predicted octanol–water partition coefficient (Wildman–Crippen LogP) is 4.98. The van der Waals surface area contributed by atoms with Gasteiger partial charge in [-0.3, -0.25) is 4.99 Å². The lowest BCUT2D eigenvalue weighted by atomic mass is 10.0. The van der Waals surface area contributed by atoms with E-state index >= 15 is 0 Å². The van der Waals surface area contributed by atoms with E-state index in [1.807, 2.05) is 20.9 Å². The summed E-state index contributed by atoms with van der Waals surface area (Å²) in [5.41, 5.74) is 5.36. The number of hydrogen-bond acceptors (Lipinski definition) is 3. The van der Waals surface area contributed by atoms with E-state index in [1.165, 1.54) is 0 Å². The number of thiol groups is 1. The highest BCUT2D eigenvalue weighted by Gasteiger charge is 1.96. The van der Waals surface area contributed by atoms with Gasteiger partial charge in [0, 0.05) is 30.1 Å². The molecule has 21 heavy (non-hydrogen) atoms. The SMILES string of the molecule is C=C(S)C=N/C=C(\C)CC(=C)/C=C(C)\C=C(/C)C(=C)NC. The van der Waals surface area contributed by atoms with Crippen molar-refractivity contribution in [2.45, 2.75) is 27.2 Å².